The first-order chi connectivity index (χ1) is 11.1. The second-order valence-electron chi connectivity index (χ2n) is 5.49. The van der Waals surface area contributed by atoms with Gasteiger partial charge >= 0.3 is 6.03 Å². The average Bonchev–Trinajstić information content (AvgIpc) is 2.94. The Morgan fingerprint density at radius 3 is 2.96 bits per heavy atom. The van der Waals surface area contributed by atoms with Gasteiger partial charge in [0.2, 0.25) is 12.7 Å². The van der Waals surface area contributed by atoms with E-state index in [0.29, 0.717) is 36.9 Å². The molecule has 8 nitrogen and oxygen atoms in total. The highest BCUT2D eigenvalue weighted by Crippen LogP contribution is 2.34. The zero-order valence-electron chi connectivity index (χ0n) is 12.8. The fourth-order valence-electron chi connectivity index (χ4n) is 2.54. The van der Waals surface area contributed by atoms with Gasteiger partial charge in [-0.05, 0) is 19.1 Å². The molecule has 0 unspecified atom stereocenters. The van der Waals surface area contributed by atoms with Crippen LogP contribution in [0.2, 0.25) is 0 Å². The molecule has 1 aromatic rings. The number of ether oxygens (including phenoxy) is 3. The minimum atomic E-state index is -0.574. The lowest BCUT2D eigenvalue weighted by Crippen LogP contribution is -2.47. The average molecular weight is 321 g/mol. The van der Waals surface area contributed by atoms with Crippen LogP contribution in [-0.4, -0.2) is 56.0 Å². The molecule has 2 aliphatic rings. The van der Waals surface area contributed by atoms with E-state index in [-0.39, 0.29) is 25.3 Å². The third-order valence-corrected chi connectivity index (χ3v) is 3.58. The first kappa shape index (κ1) is 15.6. The number of anilines is 1. The topological polar surface area (TPSA) is 89.1 Å². The Kier molecular flexibility index (Phi) is 4.63. The minimum absolute atomic E-state index is 0.0963. The highest BCUT2D eigenvalue weighted by molar-refractivity contribution is 6.01. The van der Waals surface area contributed by atoms with Gasteiger partial charge in [-0.15, -0.1) is 0 Å². The first-order valence-electron chi connectivity index (χ1n) is 7.44. The molecule has 0 spiro atoms. The molecule has 3 rings (SSSR count). The monoisotopic (exact) mass is 321 g/mol. The summed E-state index contributed by atoms with van der Waals surface area (Å²) >= 11 is 0. The number of rotatable bonds is 3. The molecular weight excluding hydrogens is 302 g/mol. The molecule has 0 aliphatic carbocycles. The van der Waals surface area contributed by atoms with Gasteiger partial charge in [0.25, 0.3) is 0 Å². The van der Waals surface area contributed by atoms with Crippen molar-refractivity contribution in [3.8, 4) is 11.5 Å². The van der Waals surface area contributed by atoms with Crippen LogP contribution >= 0.6 is 0 Å². The largest absolute Gasteiger partial charge is 0.454 e. The highest BCUT2D eigenvalue weighted by atomic mass is 16.7. The van der Waals surface area contributed by atoms with Crippen LogP contribution in [0.15, 0.2) is 18.2 Å². The third-order valence-electron chi connectivity index (χ3n) is 3.58. The number of nitrogens with one attached hydrogen (secondary N) is 2. The standard InChI is InChI=1S/C15H19N3O5/c1-10-7-18(4-5-21-10)8-14(19)17-15(20)16-11-2-3-12-13(6-11)23-9-22-12/h2-3,6,10H,4-5,7-9H2,1H3,(H2,16,17,19,20)/t10-/m1/s1. The number of fused-ring (bicyclic) bond motifs is 1. The molecule has 0 aromatic heterocycles. The van der Waals surface area contributed by atoms with Crippen molar-refractivity contribution in [2.45, 2.75) is 13.0 Å². The summed E-state index contributed by atoms with van der Waals surface area (Å²) in [7, 11) is 0. The van der Waals surface area contributed by atoms with Gasteiger partial charge in [-0.2, -0.15) is 0 Å². The van der Waals surface area contributed by atoms with E-state index in [0.717, 1.165) is 0 Å². The number of carbonyl (C=O) groups excluding carboxylic acids is 2. The molecule has 0 radical (unpaired) electrons. The summed E-state index contributed by atoms with van der Waals surface area (Å²) in [5.74, 6) is 0.849. The lowest BCUT2D eigenvalue weighted by Gasteiger charge is -2.30. The van der Waals surface area contributed by atoms with Crippen molar-refractivity contribution in [2.24, 2.45) is 0 Å². The van der Waals surface area contributed by atoms with E-state index in [1.165, 1.54) is 0 Å². The Bertz CT molecular complexity index is 607. The summed E-state index contributed by atoms with van der Waals surface area (Å²) in [5.41, 5.74) is 0.527. The second kappa shape index (κ2) is 6.84. The van der Waals surface area contributed by atoms with Crippen molar-refractivity contribution < 1.29 is 23.8 Å². The van der Waals surface area contributed by atoms with Crippen LogP contribution < -0.4 is 20.1 Å². The van der Waals surface area contributed by atoms with E-state index in [2.05, 4.69) is 10.6 Å². The van der Waals surface area contributed by atoms with Crippen molar-refractivity contribution in [1.82, 2.24) is 10.2 Å². The number of carbonyl (C=O) groups is 2. The molecule has 2 N–H and O–H groups in total. The molecule has 3 amide bonds. The van der Waals surface area contributed by atoms with E-state index in [4.69, 9.17) is 14.2 Å². The Balaban J connectivity index is 1.48. The number of urea groups is 1. The predicted octanol–water partition coefficient (Wildman–Crippen LogP) is 0.784. The van der Waals surface area contributed by atoms with E-state index in [1.807, 2.05) is 11.8 Å². The highest BCUT2D eigenvalue weighted by Gasteiger charge is 2.20. The number of imide groups is 1. The first-order valence-corrected chi connectivity index (χ1v) is 7.44. The molecule has 8 heteroatoms. The number of morpholine rings is 1. The van der Waals surface area contributed by atoms with Gasteiger partial charge in [0.15, 0.2) is 11.5 Å². The van der Waals surface area contributed by atoms with E-state index >= 15 is 0 Å². The Hall–Kier alpha value is -2.32. The smallest absolute Gasteiger partial charge is 0.325 e. The molecular formula is C15H19N3O5. The van der Waals surface area contributed by atoms with Crippen LogP contribution in [0.1, 0.15) is 6.92 Å². The lowest BCUT2D eigenvalue weighted by atomic mass is 10.3. The van der Waals surface area contributed by atoms with Gasteiger partial charge in [-0.3, -0.25) is 15.0 Å². The Morgan fingerprint density at radius 2 is 2.13 bits per heavy atom. The molecule has 124 valence electrons. The molecule has 1 atom stereocenters. The zero-order chi connectivity index (χ0) is 16.2. The summed E-state index contributed by atoms with van der Waals surface area (Å²) in [6.07, 6.45) is 0.0963. The summed E-state index contributed by atoms with van der Waals surface area (Å²) in [6, 6.07) is 4.46. The molecule has 2 aliphatic heterocycles. The number of nitrogens with zero attached hydrogens (tertiary/aromatic N) is 1. The van der Waals surface area contributed by atoms with Crippen molar-refractivity contribution in [3.63, 3.8) is 0 Å². The molecule has 23 heavy (non-hydrogen) atoms. The fraction of sp³-hybridized carbons (Fsp3) is 0.467. The van der Waals surface area contributed by atoms with Crippen LogP contribution in [0.5, 0.6) is 11.5 Å². The Morgan fingerprint density at radius 1 is 1.30 bits per heavy atom. The lowest BCUT2D eigenvalue weighted by molar-refractivity contribution is -0.122. The van der Waals surface area contributed by atoms with Gasteiger partial charge in [-0.1, -0.05) is 0 Å². The quantitative estimate of drug-likeness (QED) is 0.855. The molecule has 2 heterocycles. The summed E-state index contributed by atoms with van der Waals surface area (Å²) in [4.78, 5) is 25.7. The normalized spacial score (nSPS) is 20.1. The fourth-order valence-corrected chi connectivity index (χ4v) is 2.54. The SMILES string of the molecule is C[C@@H]1CN(CC(=O)NC(=O)Nc2ccc3c(c2)OCO3)CCO1. The van der Waals surface area contributed by atoms with Crippen LogP contribution in [0.4, 0.5) is 10.5 Å². The van der Waals surface area contributed by atoms with Crippen LogP contribution in [0.25, 0.3) is 0 Å². The van der Waals surface area contributed by atoms with Crippen molar-refractivity contribution in [1.29, 1.82) is 0 Å². The van der Waals surface area contributed by atoms with Gasteiger partial charge in [0, 0.05) is 24.8 Å². The van der Waals surface area contributed by atoms with Crippen molar-refractivity contribution in [2.75, 3.05) is 38.4 Å². The molecule has 1 saturated heterocycles. The number of hydrogen-bond donors (Lipinski definition) is 2. The number of benzene rings is 1. The van der Waals surface area contributed by atoms with Gasteiger partial charge in [-0.25, -0.2) is 4.79 Å². The molecule has 1 fully saturated rings. The molecule has 0 saturated carbocycles. The number of amides is 3. The minimum Gasteiger partial charge on any atom is -0.454 e. The van der Waals surface area contributed by atoms with Crippen LogP contribution in [0.3, 0.4) is 0 Å². The van der Waals surface area contributed by atoms with Gasteiger partial charge in [0.1, 0.15) is 0 Å². The second-order valence-corrected chi connectivity index (χ2v) is 5.49. The molecule has 1 aromatic carbocycles. The van der Waals surface area contributed by atoms with Crippen LogP contribution in [-0.2, 0) is 9.53 Å². The maximum atomic E-state index is 11.9. The maximum absolute atomic E-state index is 11.9. The van der Waals surface area contributed by atoms with Crippen LogP contribution in [0, 0.1) is 0 Å². The van der Waals surface area contributed by atoms with Crippen molar-refractivity contribution in [3.05, 3.63) is 18.2 Å². The van der Waals surface area contributed by atoms with Crippen molar-refractivity contribution >= 4 is 17.6 Å². The summed E-state index contributed by atoms with van der Waals surface area (Å²) < 4.78 is 15.8. The summed E-state index contributed by atoms with van der Waals surface area (Å²) in [5, 5.41) is 4.91. The zero-order valence-corrected chi connectivity index (χ0v) is 12.8. The van der Waals surface area contributed by atoms with E-state index in [1.54, 1.807) is 18.2 Å². The van der Waals surface area contributed by atoms with E-state index in [9.17, 15) is 9.59 Å². The Labute approximate surface area is 133 Å². The van der Waals surface area contributed by atoms with E-state index < -0.39 is 6.03 Å². The maximum Gasteiger partial charge on any atom is 0.325 e. The number of hydrogen-bond acceptors (Lipinski definition) is 6. The predicted molar refractivity (Wildman–Crippen MR) is 81.6 cm³/mol. The van der Waals surface area contributed by atoms with Gasteiger partial charge in [0.05, 0.1) is 19.3 Å². The molecule has 0 bridgehead atoms. The van der Waals surface area contributed by atoms with Gasteiger partial charge < -0.3 is 19.5 Å². The third kappa shape index (κ3) is 4.11. The summed E-state index contributed by atoms with van der Waals surface area (Å²) in [6.45, 7) is 4.25.